The fourth-order valence-electron chi connectivity index (χ4n) is 2.94. The number of piperazine rings is 1. The number of H-pyrrole nitrogens is 1. The number of aromatic nitrogens is 1. The predicted molar refractivity (Wildman–Crippen MR) is 98.0 cm³/mol. The minimum Gasteiger partial charge on any atom is -0.368 e. The van der Waals surface area contributed by atoms with Gasteiger partial charge in [-0.3, -0.25) is 4.79 Å². The SMILES string of the molecule is O=C(CCNS(=O)(=O)c1ccccc1)N1CCN(c2cc[nH+]cc2)CC1. The van der Waals surface area contributed by atoms with E-state index >= 15 is 0 Å². The van der Waals surface area contributed by atoms with Crippen LogP contribution < -0.4 is 14.6 Å². The minimum atomic E-state index is -3.56. The van der Waals surface area contributed by atoms with E-state index in [4.69, 9.17) is 0 Å². The summed E-state index contributed by atoms with van der Waals surface area (Å²) in [4.78, 5) is 19.6. The molecule has 0 aliphatic carbocycles. The van der Waals surface area contributed by atoms with Gasteiger partial charge in [-0.2, -0.15) is 0 Å². The molecule has 8 heteroatoms. The molecule has 1 amide bonds. The van der Waals surface area contributed by atoms with Crippen LogP contribution in [0.1, 0.15) is 6.42 Å². The number of hydrogen-bond donors (Lipinski definition) is 1. The maximum atomic E-state index is 12.3. The monoisotopic (exact) mass is 375 g/mol. The third kappa shape index (κ3) is 4.59. The first-order valence-corrected chi connectivity index (χ1v) is 10.1. The Morgan fingerprint density at radius 2 is 1.65 bits per heavy atom. The Hall–Kier alpha value is -2.45. The number of carbonyl (C=O) groups excluding carboxylic acids is 1. The molecule has 0 atom stereocenters. The van der Waals surface area contributed by atoms with Gasteiger partial charge in [0.1, 0.15) is 0 Å². The van der Waals surface area contributed by atoms with Gasteiger partial charge in [-0.15, -0.1) is 0 Å². The summed E-state index contributed by atoms with van der Waals surface area (Å²) in [6.45, 7) is 2.92. The fraction of sp³-hybridized carbons (Fsp3) is 0.333. The first-order chi connectivity index (χ1) is 12.6. The van der Waals surface area contributed by atoms with Gasteiger partial charge in [0, 0.05) is 57.0 Å². The molecule has 2 heterocycles. The summed E-state index contributed by atoms with van der Waals surface area (Å²) < 4.78 is 26.8. The molecular formula is C18H23N4O3S+. The van der Waals surface area contributed by atoms with E-state index < -0.39 is 10.0 Å². The Labute approximate surface area is 153 Å². The van der Waals surface area contributed by atoms with Crippen molar-refractivity contribution in [2.24, 2.45) is 0 Å². The second-order valence-electron chi connectivity index (χ2n) is 6.09. The van der Waals surface area contributed by atoms with Crippen LogP contribution in [-0.2, 0) is 14.8 Å². The van der Waals surface area contributed by atoms with E-state index in [9.17, 15) is 13.2 Å². The Morgan fingerprint density at radius 3 is 2.31 bits per heavy atom. The molecule has 1 aromatic carbocycles. The number of pyridine rings is 1. The summed E-state index contributed by atoms with van der Waals surface area (Å²) in [5, 5.41) is 0. The van der Waals surface area contributed by atoms with Gasteiger partial charge in [-0.1, -0.05) is 18.2 Å². The number of aromatic amines is 1. The Balaban J connectivity index is 1.45. The van der Waals surface area contributed by atoms with Gasteiger partial charge < -0.3 is 9.80 Å². The number of anilines is 1. The lowest BCUT2D eigenvalue weighted by Gasteiger charge is -2.35. The average molecular weight is 375 g/mol. The van der Waals surface area contributed by atoms with E-state index in [0.717, 1.165) is 18.8 Å². The van der Waals surface area contributed by atoms with Crippen molar-refractivity contribution in [2.45, 2.75) is 11.3 Å². The molecule has 1 aliphatic heterocycles. The molecule has 138 valence electrons. The van der Waals surface area contributed by atoms with Crippen molar-refractivity contribution in [1.29, 1.82) is 0 Å². The van der Waals surface area contributed by atoms with Gasteiger partial charge in [0.25, 0.3) is 0 Å². The normalized spacial score (nSPS) is 15.1. The van der Waals surface area contributed by atoms with Crippen molar-refractivity contribution in [3.8, 4) is 0 Å². The van der Waals surface area contributed by atoms with Gasteiger partial charge >= 0.3 is 0 Å². The minimum absolute atomic E-state index is 0.0261. The zero-order valence-electron chi connectivity index (χ0n) is 14.5. The Morgan fingerprint density at radius 1 is 1.00 bits per heavy atom. The molecule has 0 saturated carbocycles. The maximum absolute atomic E-state index is 12.3. The van der Waals surface area contributed by atoms with E-state index in [1.807, 2.05) is 24.5 Å². The summed E-state index contributed by atoms with van der Waals surface area (Å²) in [6, 6.07) is 12.2. The summed E-state index contributed by atoms with van der Waals surface area (Å²) >= 11 is 0. The molecule has 2 N–H and O–H groups in total. The van der Waals surface area contributed by atoms with Gasteiger partial charge in [0.2, 0.25) is 15.9 Å². The highest BCUT2D eigenvalue weighted by atomic mass is 32.2. The van der Waals surface area contributed by atoms with Crippen molar-refractivity contribution in [3.63, 3.8) is 0 Å². The van der Waals surface area contributed by atoms with Crippen molar-refractivity contribution in [1.82, 2.24) is 9.62 Å². The summed E-state index contributed by atoms with van der Waals surface area (Å²) in [5.74, 6) is -0.0261. The summed E-state index contributed by atoms with van der Waals surface area (Å²) in [5.41, 5.74) is 1.13. The van der Waals surface area contributed by atoms with Crippen molar-refractivity contribution >= 4 is 21.6 Å². The number of sulfonamides is 1. The van der Waals surface area contributed by atoms with E-state index in [1.54, 1.807) is 23.1 Å². The molecule has 1 saturated heterocycles. The lowest BCUT2D eigenvalue weighted by molar-refractivity contribution is -0.377. The first kappa shape index (κ1) is 18.3. The van der Waals surface area contributed by atoms with Crippen LogP contribution in [0.15, 0.2) is 59.8 Å². The maximum Gasteiger partial charge on any atom is 0.240 e. The number of carbonyl (C=O) groups is 1. The van der Waals surface area contributed by atoms with Crippen LogP contribution >= 0.6 is 0 Å². The van der Waals surface area contributed by atoms with Crippen LogP contribution in [0.3, 0.4) is 0 Å². The van der Waals surface area contributed by atoms with E-state index in [2.05, 4.69) is 14.6 Å². The smallest absolute Gasteiger partial charge is 0.240 e. The van der Waals surface area contributed by atoms with Crippen molar-refractivity contribution in [3.05, 3.63) is 54.9 Å². The lowest BCUT2D eigenvalue weighted by Crippen LogP contribution is -2.49. The number of nitrogens with one attached hydrogen (secondary N) is 2. The third-order valence-electron chi connectivity index (χ3n) is 4.38. The van der Waals surface area contributed by atoms with Gasteiger partial charge in [-0.25, -0.2) is 18.1 Å². The number of rotatable bonds is 6. The molecule has 0 radical (unpaired) electrons. The zero-order chi connectivity index (χ0) is 18.4. The van der Waals surface area contributed by atoms with Crippen LogP contribution in [0.25, 0.3) is 0 Å². The number of nitrogens with zero attached hydrogens (tertiary/aromatic N) is 2. The van der Waals surface area contributed by atoms with E-state index in [0.29, 0.717) is 13.1 Å². The standard InChI is InChI=1S/C18H22N4O3S/c23-18(8-11-20-26(24,25)17-4-2-1-3-5-17)22-14-12-21(13-15-22)16-6-9-19-10-7-16/h1-7,9-10,20H,8,11-15H2/p+1. The molecule has 1 fully saturated rings. The van der Waals surface area contributed by atoms with Gasteiger partial charge in [0.05, 0.1) is 4.90 Å². The molecule has 0 unspecified atom stereocenters. The molecule has 1 aromatic heterocycles. The van der Waals surface area contributed by atoms with E-state index in [-0.39, 0.29) is 23.8 Å². The fourth-order valence-corrected chi connectivity index (χ4v) is 3.99. The van der Waals surface area contributed by atoms with Crippen LogP contribution in [0.2, 0.25) is 0 Å². The van der Waals surface area contributed by atoms with Crippen molar-refractivity contribution in [2.75, 3.05) is 37.6 Å². The van der Waals surface area contributed by atoms with Crippen LogP contribution in [-0.4, -0.2) is 51.9 Å². The highest BCUT2D eigenvalue weighted by molar-refractivity contribution is 7.89. The number of hydrogen-bond acceptors (Lipinski definition) is 4. The highest BCUT2D eigenvalue weighted by Gasteiger charge is 2.22. The van der Waals surface area contributed by atoms with Crippen LogP contribution in [0, 0.1) is 0 Å². The molecule has 3 rings (SSSR count). The quantitative estimate of drug-likeness (QED) is 0.798. The van der Waals surface area contributed by atoms with Crippen LogP contribution in [0.5, 0.6) is 0 Å². The Bertz CT molecular complexity index is 820. The number of benzene rings is 1. The molecule has 26 heavy (non-hydrogen) atoms. The predicted octanol–water partition coefficient (Wildman–Crippen LogP) is 0.518. The number of amides is 1. The second-order valence-corrected chi connectivity index (χ2v) is 7.85. The summed E-state index contributed by atoms with van der Waals surface area (Å²) in [7, 11) is -3.56. The zero-order valence-corrected chi connectivity index (χ0v) is 15.3. The van der Waals surface area contributed by atoms with Gasteiger partial charge in [0.15, 0.2) is 12.4 Å². The Kier molecular flexibility index (Phi) is 5.85. The largest absolute Gasteiger partial charge is 0.368 e. The van der Waals surface area contributed by atoms with Gasteiger partial charge in [-0.05, 0) is 12.1 Å². The van der Waals surface area contributed by atoms with E-state index in [1.165, 1.54) is 12.1 Å². The molecule has 0 spiro atoms. The lowest BCUT2D eigenvalue weighted by atomic mass is 10.2. The van der Waals surface area contributed by atoms with Crippen LogP contribution in [0.4, 0.5) is 5.69 Å². The first-order valence-electron chi connectivity index (χ1n) is 8.60. The molecule has 0 bridgehead atoms. The molecule has 7 nitrogen and oxygen atoms in total. The summed E-state index contributed by atoms with van der Waals surface area (Å²) in [6.07, 6.45) is 3.92. The topological polar surface area (TPSA) is 83.9 Å². The van der Waals surface area contributed by atoms with Crippen molar-refractivity contribution < 1.29 is 18.2 Å². The third-order valence-corrected chi connectivity index (χ3v) is 5.86. The average Bonchev–Trinajstić information content (AvgIpc) is 2.69. The second kappa shape index (κ2) is 8.29. The highest BCUT2D eigenvalue weighted by Crippen LogP contribution is 2.14. The molecular weight excluding hydrogens is 352 g/mol. The molecule has 2 aromatic rings. The molecule has 1 aliphatic rings.